The number of benzene rings is 2. The Morgan fingerprint density at radius 3 is 2.57 bits per heavy atom. The van der Waals surface area contributed by atoms with Gasteiger partial charge in [0, 0.05) is 23.1 Å². The van der Waals surface area contributed by atoms with Gasteiger partial charge in [0.2, 0.25) is 0 Å². The molecule has 0 atom stereocenters. The van der Waals surface area contributed by atoms with Gasteiger partial charge in [0.25, 0.3) is 0 Å². The molecule has 3 rings (SSSR count). The summed E-state index contributed by atoms with van der Waals surface area (Å²) in [6.45, 7) is 2.59. The van der Waals surface area contributed by atoms with Gasteiger partial charge in [0.05, 0.1) is 0 Å². The average Bonchev–Trinajstić information content (AvgIpc) is 3.26. The minimum absolute atomic E-state index is 0.253. The van der Waals surface area contributed by atoms with Crippen molar-refractivity contribution in [3.8, 4) is 11.5 Å². The van der Waals surface area contributed by atoms with E-state index in [1.54, 1.807) is 19.1 Å². The van der Waals surface area contributed by atoms with Crippen molar-refractivity contribution in [3.05, 3.63) is 57.8 Å². The van der Waals surface area contributed by atoms with Crippen molar-refractivity contribution in [1.29, 1.82) is 0 Å². The molecule has 0 amide bonds. The molecule has 0 aliphatic heterocycles. The first-order chi connectivity index (χ1) is 10.1. The van der Waals surface area contributed by atoms with E-state index in [4.69, 9.17) is 4.74 Å². The fourth-order valence-corrected chi connectivity index (χ4v) is 2.55. The van der Waals surface area contributed by atoms with Gasteiger partial charge in [0.1, 0.15) is 17.3 Å². The van der Waals surface area contributed by atoms with Gasteiger partial charge in [-0.2, -0.15) is 0 Å². The Kier molecular flexibility index (Phi) is 4.27. The van der Waals surface area contributed by atoms with Crippen molar-refractivity contribution in [2.45, 2.75) is 32.4 Å². The van der Waals surface area contributed by atoms with Crippen LogP contribution in [0.3, 0.4) is 0 Å². The second-order valence-electron chi connectivity index (χ2n) is 5.42. The molecule has 0 heterocycles. The summed E-state index contributed by atoms with van der Waals surface area (Å²) in [6, 6.07) is 11.4. The number of hydrogen-bond donors (Lipinski definition) is 1. The van der Waals surface area contributed by atoms with Crippen LogP contribution in [-0.4, -0.2) is 6.04 Å². The molecule has 0 bridgehead atoms. The van der Waals surface area contributed by atoms with E-state index in [2.05, 4.69) is 21.2 Å². The molecule has 1 N–H and O–H groups in total. The van der Waals surface area contributed by atoms with Crippen molar-refractivity contribution in [1.82, 2.24) is 5.32 Å². The van der Waals surface area contributed by atoms with E-state index in [0.717, 1.165) is 11.0 Å². The van der Waals surface area contributed by atoms with Gasteiger partial charge in [-0.1, -0.05) is 28.1 Å². The van der Waals surface area contributed by atoms with E-state index < -0.39 is 0 Å². The highest BCUT2D eigenvalue weighted by molar-refractivity contribution is 9.10. The van der Waals surface area contributed by atoms with Gasteiger partial charge >= 0.3 is 0 Å². The van der Waals surface area contributed by atoms with Crippen molar-refractivity contribution >= 4 is 15.9 Å². The summed E-state index contributed by atoms with van der Waals surface area (Å²) in [7, 11) is 0. The molecule has 1 aliphatic rings. The molecular formula is C17H17BrFNO. The SMILES string of the molecule is Cc1ccc(Oc2ccc(CNC3CC3)c(Br)c2)cc1F. The molecule has 21 heavy (non-hydrogen) atoms. The molecule has 2 aromatic carbocycles. The normalized spacial score (nSPS) is 14.2. The zero-order chi connectivity index (χ0) is 14.8. The maximum Gasteiger partial charge on any atom is 0.130 e. The molecule has 1 aliphatic carbocycles. The molecule has 4 heteroatoms. The Morgan fingerprint density at radius 2 is 1.90 bits per heavy atom. The third-order valence-electron chi connectivity index (χ3n) is 3.56. The maximum atomic E-state index is 13.5. The van der Waals surface area contributed by atoms with E-state index in [-0.39, 0.29) is 5.82 Å². The number of aryl methyl sites for hydroxylation is 1. The van der Waals surface area contributed by atoms with Crippen LogP contribution in [-0.2, 0) is 6.54 Å². The Bertz CT molecular complexity index is 655. The van der Waals surface area contributed by atoms with Gasteiger partial charge in [-0.05, 0) is 49.1 Å². The summed E-state index contributed by atoms with van der Waals surface area (Å²) >= 11 is 3.56. The molecule has 0 spiro atoms. The average molecular weight is 350 g/mol. The quantitative estimate of drug-likeness (QED) is 0.825. The summed E-state index contributed by atoms with van der Waals surface area (Å²) < 4.78 is 20.2. The highest BCUT2D eigenvalue weighted by atomic mass is 79.9. The minimum Gasteiger partial charge on any atom is -0.457 e. The van der Waals surface area contributed by atoms with Crippen molar-refractivity contribution in [2.24, 2.45) is 0 Å². The molecule has 1 saturated carbocycles. The lowest BCUT2D eigenvalue weighted by Gasteiger charge is -2.10. The number of hydrogen-bond acceptors (Lipinski definition) is 2. The highest BCUT2D eigenvalue weighted by Gasteiger charge is 2.20. The summed E-state index contributed by atoms with van der Waals surface area (Å²) in [5.41, 5.74) is 1.81. The van der Waals surface area contributed by atoms with E-state index in [0.29, 0.717) is 23.1 Å². The Morgan fingerprint density at radius 1 is 1.19 bits per heavy atom. The molecule has 110 valence electrons. The Hall–Kier alpha value is -1.39. The van der Waals surface area contributed by atoms with Crippen LogP contribution in [0.5, 0.6) is 11.5 Å². The molecule has 0 aromatic heterocycles. The second kappa shape index (κ2) is 6.16. The van der Waals surface area contributed by atoms with Crippen LogP contribution in [0.25, 0.3) is 0 Å². The predicted molar refractivity (Wildman–Crippen MR) is 85.2 cm³/mol. The molecule has 0 saturated heterocycles. The summed E-state index contributed by atoms with van der Waals surface area (Å²) in [5, 5.41) is 3.48. The van der Waals surface area contributed by atoms with E-state index >= 15 is 0 Å². The Balaban J connectivity index is 1.70. The molecule has 1 fully saturated rings. The third kappa shape index (κ3) is 3.83. The minimum atomic E-state index is -0.253. The number of nitrogens with one attached hydrogen (secondary N) is 1. The van der Waals surface area contributed by atoms with E-state index in [1.807, 2.05) is 18.2 Å². The molecule has 0 unspecified atom stereocenters. The van der Waals surface area contributed by atoms with Crippen LogP contribution in [0.2, 0.25) is 0 Å². The summed E-state index contributed by atoms with van der Waals surface area (Å²) in [6.07, 6.45) is 2.55. The lowest BCUT2D eigenvalue weighted by molar-refractivity contribution is 0.475. The first-order valence-corrected chi connectivity index (χ1v) is 7.87. The number of ether oxygens (including phenoxy) is 1. The van der Waals surface area contributed by atoms with Gasteiger partial charge < -0.3 is 10.1 Å². The van der Waals surface area contributed by atoms with E-state index in [9.17, 15) is 4.39 Å². The highest BCUT2D eigenvalue weighted by Crippen LogP contribution is 2.28. The first kappa shape index (κ1) is 14.5. The van der Waals surface area contributed by atoms with Crippen LogP contribution in [0, 0.1) is 12.7 Å². The van der Waals surface area contributed by atoms with Crippen molar-refractivity contribution in [3.63, 3.8) is 0 Å². The molecule has 2 aromatic rings. The van der Waals surface area contributed by atoms with Gasteiger partial charge in [0.15, 0.2) is 0 Å². The second-order valence-corrected chi connectivity index (χ2v) is 6.28. The summed E-state index contributed by atoms with van der Waals surface area (Å²) in [5.74, 6) is 0.950. The maximum absolute atomic E-state index is 13.5. The lowest BCUT2D eigenvalue weighted by atomic mass is 10.2. The monoisotopic (exact) mass is 349 g/mol. The van der Waals surface area contributed by atoms with Crippen LogP contribution >= 0.6 is 15.9 Å². The predicted octanol–water partition coefficient (Wildman–Crippen LogP) is 4.94. The topological polar surface area (TPSA) is 21.3 Å². The fraction of sp³-hybridized carbons (Fsp3) is 0.294. The Labute approximate surface area is 132 Å². The largest absolute Gasteiger partial charge is 0.457 e. The molecular weight excluding hydrogens is 333 g/mol. The van der Waals surface area contributed by atoms with Crippen LogP contribution in [0.4, 0.5) is 4.39 Å². The van der Waals surface area contributed by atoms with Gasteiger partial charge in [-0.15, -0.1) is 0 Å². The molecule has 0 radical (unpaired) electrons. The zero-order valence-corrected chi connectivity index (χ0v) is 13.4. The number of rotatable bonds is 5. The molecule has 2 nitrogen and oxygen atoms in total. The standard InChI is InChI=1S/C17H17BrFNO/c1-11-2-6-15(9-17(11)19)21-14-7-3-12(16(18)8-14)10-20-13-4-5-13/h2-3,6-9,13,20H,4-5,10H2,1H3. The van der Waals surface area contributed by atoms with Crippen LogP contribution in [0.1, 0.15) is 24.0 Å². The first-order valence-electron chi connectivity index (χ1n) is 7.07. The van der Waals surface area contributed by atoms with Crippen LogP contribution in [0.15, 0.2) is 40.9 Å². The van der Waals surface area contributed by atoms with E-state index in [1.165, 1.54) is 24.5 Å². The lowest BCUT2D eigenvalue weighted by Crippen LogP contribution is -2.15. The summed E-state index contributed by atoms with van der Waals surface area (Å²) in [4.78, 5) is 0. The third-order valence-corrected chi connectivity index (χ3v) is 4.30. The number of halogens is 2. The van der Waals surface area contributed by atoms with Crippen molar-refractivity contribution in [2.75, 3.05) is 0 Å². The fourth-order valence-electron chi connectivity index (χ4n) is 2.05. The van der Waals surface area contributed by atoms with Gasteiger partial charge in [-0.25, -0.2) is 4.39 Å². The van der Waals surface area contributed by atoms with Gasteiger partial charge in [-0.3, -0.25) is 0 Å². The van der Waals surface area contributed by atoms with Crippen LogP contribution < -0.4 is 10.1 Å². The zero-order valence-electron chi connectivity index (χ0n) is 11.8. The van der Waals surface area contributed by atoms with Crippen molar-refractivity contribution < 1.29 is 9.13 Å². The smallest absolute Gasteiger partial charge is 0.130 e.